The van der Waals surface area contributed by atoms with Gasteiger partial charge in [0.25, 0.3) is 0 Å². The fourth-order valence-corrected chi connectivity index (χ4v) is 1.45. The van der Waals surface area contributed by atoms with Crippen molar-refractivity contribution < 1.29 is 28.4 Å². The highest BCUT2D eigenvalue weighted by Gasteiger charge is 2.23. The number of carbonyl (C=O) groups is 1. The van der Waals surface area contributed by atoms with Crippen molar-refractivity contribution in [1.29, 1.82) is 0 Å². The summed E-state index contributed by atoms with van der Waals surface area (Å²) in [5, 5.41) is 0. The molecular formula is C8H14BrO6P. The molecule has 2 atom stereocenters. The molecule has 0 aliphatic carbocycles. The standard InChI is InChI=1S/C8H14BrO6P/c1-5(2)8(10)15-6(3)7(9)4-14-16(11,12)13/h6-7H,1,4H2,2-3H3,(H2,11,12,13). The lowest BCUT2D eigenvalue weighted by molar-refractivity contribution is -0.143. The normalized spacial score (nSPS) is 15.3. The van der Waals surface area contributed by atoms with E-state index >= 15 is 0 Å². The molecule has 0 rings (SSSR count). The highest BCUT2D eigenvalue weighted by molar-refractivity contribution is 9.09. The third-order valence-electron chi connectivity index (χ3n) is 1.55. The van der Waals surface area contributed by atoms with Gasteiger partial charge < -0.3 is 14.5 Å². The molecule has 0 fully saturated rings. The van der Waals surface area contributed by atoms with Gasteiger partial charge in [0.15, 0.2) is 0 Å². The molecule has 0 spiro atoms. The molecular weight excluding hydrogens is 303 g/mol. The first-order chi connectivity index (χ1) is 7.13. The Balaban J connectivity index is 4.09. The number of alkyl halides is 1. The first-order valence-corrected chi connectivity index (χ1v) is 6.78. The van der Waals surface area contributed by atoms with Gasteiger partial charge in [-0.2, -0.15) is 0 Å². The number of hydrogen-bond donors (Lipinski definition) is 2. The lowest BCUT2D eigenvalue weighted by atomic mass is 10.3. The highest BCUT2D eigenvalue weighted by atomic mass is 79.9. The highest BCUT2D eigenvalue weighted by Crippen LogP contribution is 2.36. The van der Waals surface area contributed by atoms with E-state index in [-0.39, 0.29) is 12.2 Å². The van der Waals surface area contributed by atoms with E-state index < -0.39 is 24.7 Å². The Bertz CT molecular complexity index is 312. The Morgan fingerprint density at radius 2 is 2.06 bits per heavy atom. The van der Waals surface area contributed by atoms with Crippen LogP contribution < -0.4 is 0 Å². The summed E-state index contributed by atoms with van der Waals surface area (Å²) in [5.74, 6) is -0.562. The molecule has 0 saturated heterocycles. The zero-order chi connectivity index (χ0) is 12.9. The molecule has 0 aromatic carbocycles. The van der Waals surface area contributed by atoms with Crippen LogP contribution >= 0.6 is 23.8 Å². The molecule has 0 heterocycles. The summed E-state index contributed by atoms with van der Waals surface area (Å²) in [5.41, 5.74) is 0.252. The van der Waals surface area contributed by atoms with Gasteiger partial charge in [-0.1, -0.05) is 22.5 Å². The van der Waals surface area contributed by atoms with E-state index in [2.05, 4.69) is 27.0 Å². The van der Waals surface area contributed by atoms with Gasteiger partial charge in [-0.3, -0.25) is 4.52 Å². The van der Waals surface area contributed by atoms with Crippen molar-refractivity contribution in [2.24, 2.45) is 0 Å². The van der Waals surface area contributed by atoms with E-state index in [0.717, 1.165) is 0 Å². The quantitative estimate of drug-likeness (QED) is 0.333. The lowest BCUT2D eigenvalue weighted by Crippen LogP contribution is -2.27. The Morgan fingerprint density at radius 3 is 2.44 bits per heavy atom. The Hall–Kier alpha value is -0.200. The first kappa shape index (κ1) is 15.8. The SMILES string of the molecule is C=C(C)C(=O)OC(C)C(Br)COP(=O)(O)O. The maximum Gasteiger partial charge on any atom is 0.469 e. The molecule has 16 heavy (non-hydrogen) atoms. The van der Waals surface area contributed by atoms with Gasteiger partial charge in [-0.15, -0.1) is 0 Å². The van der Waals surface area contributed by atoms with Gasteiger partial charge in [0.05, 0.1) is 11.4 Å². The maximum absolute atomic E-state index is 11.1. The van der Waals surface area contributed by atoms with Crippen molar-refractivity contribution in [2.75, 3.05) is 6.61 Å². The van der Waals surface area contributed by atoms with Crippen molar-refractivity contribution in [3.8, 4) is 0 Å². The molecule has 94 valence electrons. The molecule has 0 radical (unpaired) electrons. The molecule has 0 amide bonds. The van der Waals surface area contributed by atoms with Gasteiger partial charge in [0.1, 0.15) is 6.10 Å². The van der Waals surface area contributed by atoms with Gasteiger partial charge in [0.2, 0.25) is 0 Å². The van der Waals surface area contributed by atoms with Crippen molar-refractivity contribution in [3.05, 3.63) is 12.2 Å². The van der Waals surface area contributed by atoms with Crippen LogP contribution in [0.5, 0.6) is 0 Å². The predicted molar refractivity (Wildman–Crippen MR) is 61.1 cm³/mol. The number of halogens is 1. The maximum atomic E-state index is 11.1. The van der Waals surface area contributed by atoms with Crippen LogP contribution in [-0.4, -0.2) is 33.3 Å². The van der Waals surface area contributed by atoms with E-state index in [9.17, 15) is 9.36 Å². The number of carbonyl (C=O) groups excluding carboxylic acids is 1. The summed E-state index contributed by atoms with van der Waals surface area (Å²) < 4.78 is 19.6. The van der Waals surface area contributed by atoms with E-state index in [1.54, 1.807) is 6.92 Å². The second kappa shape index (κ2) is 6.51. The van der Waals surface area contributed by atoms with Crippen LogP contribution in [-0.2, 0) is 18.6 Å². The van der Waals surface area contributed by atoms with Gasteiger partial charge in [-0.05, 0) is 13.8 Å². The molecule has 6 nitrogen and oxygen atoms in total. The number of hydrogen-bond acceptors (Lipinski definition) is 4. The number of ether oxygens (including phenoxy) is 1. The molecule has 0 aliphatic rings. The topological polar surface area (TPSA) is 93.1 Å². The molecule has 2 N–H and O–H groups in total. The van der Waals surface area contributed by atoms with Crippen LogP contribution in [0.25, 0.3) is 0 Å². The molecule has 0 saturated carbocycles. The third-order valence-corrected chi connectivity index (χ3v) is 3.05. The zero-order valence-corrected chi connectivity index (χ0v) is 11.4. The molecule has 0 aromatic heterocycles. The summed E-state index contributed by atoms with van der Waals surface area (Å²) in [7, 11) is -4.50. The van der Waals surface area contributed by atoms with Crippen LogP contribution in [0.4, 0.5) is 0 Å². The van der Waals surface area contributed by atoms with Crippen molar-refractivity contribution in [2.45, 2.75) is 24.8 Å². The Morgan fingerprint density at radius 1 is 1.56 bits per heavy atom. The summed E-state index contributed by atoms with van der Waals surface area (Å²) in [6.45, 7) is 6.22. The van der Waals surface area contributed by atoms with E-state index in [1.165, 1.54) is 6.92 Å². The minimum absolute atomic E-state index is 0.252. The number of esters is 1. The van der Waals surface area contributed by atoms with Gasteiger partial charge >= 0.3 is 13.8 Å². The number of phosphoric acid groups is 1. The van der Waals surface area contributed by atoms with Gasteiger partial charge in [-0.25, -0.2) is 9.36 Å². The van der Waals surface area contributed by atoms with Crippen LogP contribution in [0.2, 0.25) is 0 Å². The summed E-state index contributed by atoms with van der Waals surface area (Å²) in [6, 6.07) is 0. The fourth-order valence-electron chi connectivity index (χ4n) is 0.647. The van der Waals surface area contributed by atoms with E-state index in [4.69, 9.17) is 14.5 Å². The molecule has 0 bridgehead atoms. The fraction of sp³-hybridized carbons (Fsp3) is 0.625. The van der Waals surface area contributed by atoms with Gasteiger partial charge in [0, 0.05) is 5.57 Å². The van der Waals surface area contributed by atoms with Crippen molar-refractivity contribution >= 4 is 29.7 Å². The molecule has 8 heteroatoms. The Labute approximate surface area is 102 Å². The van der Waals surface area contributed by atoms with E-state index in [0.29, 0.717) is 0 Å². The number of rotatable bonds is 6. The summed E-state index contributed by atoms with van der Waals surface area (Å²) >= 11 is 3.10. The number of phosphoric ester groups is 1. The van der Waals surface area contributed by atoms with Crippen LogP contribution in [0.3, 0.4) is 0 Å². The largest absolute Gasteiger partial charge is 0.469 e. The summed E-state index contributed by atoms with van der Waals surface area (Å²) in [4.78, 5) is 27.5. The monoisotopic (exact) mass is 316 g/mol. The van der Waals surface area contributed by atoms with Crippen LogP contribution in [0, 0.1) is 0 Å². The third kappa shape index (κ3) is 7.14. The predicted octanol–water partition coefficient (Wildman–Crippen LogP) is 1.37. The molecule has 0 aliphatic heterocycles. The summed E-state index contributed by atoms with van der Waals surface area (Å²) in [6.07, 6.45) is -0.587. The smallest absolute Gasteiger partial charge is 0.458 e. The zero-order valence-electron chi connectivity index (χ0n) is 8.92. The lowest BCUT2D eigenvalue weighted by Gasteiger charge is -2.19. The van der Waals surface area contributed by atoms with Crippen molar-refractivity contribution in [1.82, 2.24) is 0 Å². The first-order valence-electron chi connectivity index (χ1n) is 4.34. The average Bonchev–Trinajstić information content (AvgIpc) is 2.12. The Kier molecular flexibility index (Phi) is 6.43. The van der Waals surface area contributed by atoms with E-state index in [1.807, 2.05) is 0 Å². The average molecular weight is 317 g/mol. The van der Waals surface area contributed by atoms with Crippen molar-refractivity contribution in [3.63, 3.8) is 0 Å². The minimum atomic E-state index is -4.50. The molecule has 0 aromatic rings. The molecule has 2 unspecified atom stereocenters. The van der Waals surface area contributed by atoms with Crippen LogP contribution in [0.1, 0.15) is 13.8 Å². The second-order valence-corrected chi connectivity index (χ2v) is 5.61. The van der Waals surface area contributed by atoms with Crippen LogP contribution in [0.15, 0.2) is 12.2 Å². The minimum Gasteiger partial charge on any atom is -0.458 e. The second-order valence-electron chi connectivity index (χ2n) is 3.19.